The molecule has 1 aromatic carbocycles. The zero-order valence-electron chi connectivity index (χ0n) is 11.1. The third kappa shape index (κ3) is 3.71. The van der Waals surface area contributed by atoms with Gasteiger partial charge < -0.3 is 24.8 Å². The fraction of sp³-hybridized carbons (Fsp3) is 0.308. The number of methoxy groups -OCH3 is 3. The fourth-order valence-corrected chi connectivity index (χ4v) is 1.46. The van der Waals surface area contributed by atoms with Crippen molar-refractivity contribution < 1.29 is 19.0 Å². The lowest BCUT2D eigenvalue weighted by Crippen LogP contribution is -2.28. The summed E-state index contributed by atoms with van der Waals surface area (Å²) >= 11 is 0. The van der Waals surface area contributed by atoms with Crippen LogP contribution in [0.4, 0.5) is 10.5 Å². The topological polar surface area (TPSA) is 68.8 Å². The molecule has 0 aliphatic heterocycles. The minimum Gasteiger partial charge on any atom is -0.493 e. The first-order valence-electron chi connectivity index (χ1n) is 5.44. The summed E-state index contributed by atoms with van der Waals surface area (Å²) in [7, 11) is 4.51. The van der Waals surface area contributed by atoms with Crippen LogP contribution in [0.3, 0.4) is 0 Å². The quantitative estimate of drug-likeness (QED) is 0.790. The van der Waals surface area contributed by atoms with Crippen LogP contribution in [0.2, 0.25) is 0 Å². The van der Waals surface area contributed by atoms with Crippen molar-refractivity contribution in [2.75, 3.05) is 33.2 Å². The summed E-state index contributed by atoms with van der Waals surface area (Å²) in [4.78, 5) is 11.5. The van der Waals surface area contributed by atoms with Crippen LogP contribution in [0.15, 0.2) is 12.1 Å². The molecule has 102 valence electrons. The van der Waals surface area contributed by atoms with Gasteiger partial charge >= 0.3 is 6.03 Å². The summed E-state index contributed by atoms with van der Waals surface area (Å²) in [6.07, 6.45) is 5.05. The van der Waals surface area contributed by atoms with Crippen LogP contribution in [0.5, 0.6) is 17.2 Å². The molecule has 0 saturated heterocycles. The number of hydrogen-bond acceptors (Lipinski definition) is 4. The van der Waals surface area contributed by atoms with Crippen LogP contribution in [-0.2, 0) is 0 Å². The molecule has 2 amide bonds. The number of anilines is 1. The molecule has 1 rings (SSSR count). The molecule has 1 aromatic rings. The van der Waals surface area contributed by atoms with Gasteiger partial charge in [0.15, 0.2) is 11.5 Å². The molecule has 0 fully saturated rings. The molecule has 0 radical (unpaired) electrons. The predicted molar refractivity (Wildman–Crippen MR) is 72.0 cm³/mol. The van der Waals surface area contributed by atoms with Crippen LogP contribution in [0.25, 0.3) is 0 Å². The highest BCUT2D eigenvalue weighted by molar-refractivity contribution is 5.90. The van der Waals surface area contributed by atoms with Gasteiger partial charge in [-0.1, -0.05) is 5.92 Å². The summed E-state index contributed by atoms with van der Waals surface area (Å²) in [6.45, 7) is 0.149. The van der Waals surface area contributed by atoms with Crippen LogP contribution < -0.4 is 24.8 Å². The van der Waals surface area contributed by atoms with Gasteiger partial charge in [0.05, 0.1) is 33.6 Å². The van der Waals surface area contributed by atoms with Crippen molar-refractivity contribution in [2.24, 2.45) is 0 Å². The summed E-state index contributed by atoms with van der Waals surface area (Å²) in [5.41, 5.74) is 0.504. The first-order valence-corrected chi connectivity index (χ1v) is 5.44. The zero-order chi connectivity index (χ0) is 14.3. The molecule has 0 aliphatic carbocycles. The Bertz CT molecular complexity index is 469. The maximum Gasteiger partial charge on any atom is 0.319 e. The molecule has 0 unspecified atom stereocenters. The Balaban J connectivity index is 2.97. The smallest absolute Gasteiger partial charge is 0.319 e. The summed E-state index contributed by atoms with van der Waals surface area (Å²) < 4.78 is 15.5. The summed E-state index contributed by atoms with van der Waals surface area (Å²) in [5, 5.41) is 5.10. The Morgan fingerprint density at radius 2 is 1.79 bits per heavy atom. The van der Waals surface area contributed by atoms with Crippen molar-refractivity contribution in [1.29, 1.82) is 0 Å². The van der Waals surface area contributed by atoms with Gasteiger partial charge in [-0.25, -0.2) is 4.79 Å². The second-order valence-electron chi connectivity index (χ2n) is 3.43. The maximum absolute atomic E-state index is 11.5. The first-order chi connectivity index (χ1) is 9.15. The molecule has 0 atom stereocenters. The Morgan fingerprint density at radius 3 is 2.21 bits per heavy atom. The maximum atomic E-state index is 11.5. The molecule has 19 heavy (non-hydrogen) atoms. The van der Waals surface area contributed by atoms with Crippen LogP contribution >= 0.6 is 0 Å². The number of nitrogens with one attached hydrogen (secondary N) is 2. The lowest BCUT2D eigenvalue weighted by molar-refractivity contribution is 0.253. The molecule has 0 aliphatic rings. The van der Waals surface area contributed by atoms with E-state index in [1.807, 2.05) is 0 Å². The molecular formula is C13H16N2O4. The van der Waals surface area contributed by atoms with Crippen LogP contribution in [-0.4, -0.2) is 33.9 Å². The van der Waals surface area contributed by atoms with E-state index < -0.39 is 6.03 Å². The van der Waals surface area contributed by atoms with Gasteiger partial charge in [-0.05, 0) is 0 Å². The van der Waals surface area contributed by atoms with Crippen molar-refractivity contribution in [2.45, 2.75) is 0 Å². The van der Waals surface area contributed by atoms with Crippen molar-refractivity contribution in [3.63, 3.8) is 0 Å². The Hall–Kier alpha value is -2.55. The standard InChI is InChI=1S/C13H16N2O4/c1-5-6-14-13(16)15-9-7-10(17-2)12(19-4)11(8-9)18-3/h1,7-8H,6H2,2-4H3,(H2,14,15,16). The molecule has 0 bridgehead atoms. The number of terminal acetylenes is 1. The van der Waals surface area contributed by atoms with Crippen LogP contribution in [0, 0.1) is 12.3 Å². The van der Waals surface area contributed by atoms with Gasteiger partial charge in [0.1, 0.15) is 0 Å². The van der Waals surface area contributed by atoms with Crippen molar-refractivity contribution in [3.05, 3.63) is 12.1 Å². The lowest BCUT2D eigenvalue weighted by Gasteiger charge is -2.14. The fourth-order valence-electron chi connectivity index (χ4n) is 1.46. The van der Waals surface area contributed by atoms with Gasteiger partial charge in [0.2, 0.25) is 5.75 Å². The predicted octanol–water partition coefficient (Wildman–Crippen LogP) is 1.47. The SMILES string of the molecule is C#CCNC(=O)Nc1cc(OC)c(OC)c(OC)c1. The van der Waals surface area contributed by atoms with Crippen molar-refractivity contribution in [3.8, 4) is 29.6 Å². The van der Waals surface area contributed by atoms with E-state index in [0.29, 0.717) is 22.9 Å². The van der Waals surface area contributed by atoms with Gasteiger partial charge in [-0.2, -0.15) is 0 Å². The number of ether oxygens (including phenoxy) is 3. The highest BCUT2D eigenvalue weighted by Gasteiger charge is 2.14. The second kappa shape index (κ2) is 7.01. The third-order valence-corrected chi connectivity index (χ3v) is 2.27. The van der Waals surface area contributed by atoms with Crippen LogP contribution in [0.1, 0.15) is 0 Å². The number of carbonyl (C=O) groups excluding carboxylic acids is 1. The minimum atomic E-state index is -0.410. The molecule has 6 heteroatoms. The molecule has 0 spiro atoms. The van der Waals surface area contributed by atoms with E-state index in [1.54, 1.807) is 12.1 Å². The number of benzene rings is 1. The summed E-state index contributed by atoms with van der Waals surface area (Å²) in [5.74, 6) is 3.67. The molecule has 2 N–H and O–H groups in total. The largest absolute Gasteiger partial charge is 0.493 e. The molecule has 6 nitrogen and oxygen atoms in total. The monoisotopic (exact) mass is 264 g/mol. The molecular weight excluding hydrogens is 248 g/mol. The lowest BCUT2D eigenvalue weighted by atomic mass is 10.2. The van der Waals surface area contributed by atoms with Crippen molar-refractivity contribution >= 4 is 11.7 Å². The highest BCUT2D eigenvalue weighted by Crippen LogP contribution is 2.39. The zero-order valence-corrected chi connectivity index (χ0v) is 11.1. The van der Waals surface area contributed by atoms with E-state index in [2.05, 4.69) is 16.6 Å². The Labute approximate surface area is 112 Å². The average molecular weight is 264 g/mol. The normalized spacial score (nSPS) is 9.16. The number of hydrogen-bond donors (Lipinski definition) is 2. The van der Waals surface area contributed by atoms with E-state index in [1.165, 1.54) is 21.3 Å². The minimum absolute atomic E-state index is 0.149. The Morgan fingerprint density at radius 1 is 1.21 bits per heavy atom. The molecule has 0 heterocycles. The average Bonchev–Trinajstić information content (AvgIpc) is 2.43. The van der Waals surface area contributed by atoms with E-state index in [4.69, 9.17) is 20.6 Å². The van der Waals surface area contributed by atoms with E-state index >= 15 is 0 Å². The number of carbonyl (C=O) groups is 1. The second-order valence-corrected chi connectivity index (χ2v) is 3.43. The van der Waals surface area contributed by atoms with E-state index in [0.717, 1.165) is 0 Å². The molecule has 0 aromatic heterocycles. The third-order valence-electron chi connectivity index (χ3n) is 2.27. The van der Waals surface area contributed by atoms with Gasteiger partial charge in [0, 0.05) is 12.1 Å². The number of amides is 2. The number of rotatable bonds is 5. The number of urea groups is 1. The van der Waals surface area contributed by atoms with Gasteiger partial charge in [-0.3, -0.25) is 0 Å². The van der Waals surface area contributed by atoms with E-state index in [9.17, 15) is 4.79 Å². The highest BCUT2D eigenvalue weighted by atomic mass is 16.5. The first kappa shape index (κ1) is 14.5. The Kier molecular flexibility index (Phi) is 5.35. The van der Waals surface area contributed by atoms with Gasteiger partial charge in [0.25, 0.3) is 0 Å². The van der Waals surface area contributed by atoms with Gasteiger partial charge in [-0.15, -0.1) is 6.42 Å². The molecule has 0 saturated carbocycles. The van der Waals surface area contributed by atoms with E-state index in [-0.39, 0.29) is 6.54 Å². The summed E-state index contributed by atoms with van der Waals surface area (Å²) in [6, 6.07) is 2.83. The van der Waals surface area contributed by atoms with Crippen molar-refractivity contribution in [1.82, 2.24) is 5.32 Å².